The van der Waals surface area contributed by atoms with E-state index >= 15 is 0 Å². The van der Waals surface area contributed by atoms with Gasteiger partial charge in [-0.15, -0.1) is 19.0 Å². The highest BCUT2D eigenvalue weighted by Crippen LogP contribution is 1.99. The molecule has 1 nitrogen and oxygen atoms in total. The molecule has 0 saturated carbocycles. The van der Waals surface area contributed by atoms with E-state index in [4.69, 9.17) is 0 Å². The van der Waals surface area contributed by atoms with Gasteiger partial charge in [0.1, 0.15) is 6.17 Å². The molecular weight excluding hydrogens is 153 g/mol. The zero-order chi connectivity index (χ0) is 7.11. The molecule has 0 amide bonds. The maximum absolute atomic E-state index is 12.5. The Morgan fingerprint density at radius 2 is 2.30 bits per heavy atom. The Kier molecular flexibility index (Phi) is 11.2. The van der Waals surface area contributed by atoms with Crippen LogP contribution < -0.4 is 5.32 Å². The van der Waals surface area contributed by atoms with Gasteiger partial charge < -0.3 is 5.32 Å². The van der Waals surface area contributed by atoms with Crippen molar-refractivity contribution in [3.8, 4) is 0 Å². The molecule has 10 heavy (non-hydrogen) atoms. The van der Waals surface area contributed by atoms with Crippen LogP contribution in [-0.4, -0.2) is 19.8 Å². The lowest BCUT2D eigenvalue weighted by molar-refractivity contribution is 0.309. The molecule has 0 aliphatic rings. The van der Waals surface area contributed by atoms with Crippen molar-refractivity contribution in [2.24, 2.45) is 0 Å². The lowest BCUT2D eigenvalue weighted by Crippen LogP contribution is -2.19. The van der Waals surface area contributed by atoms with E-state index in [2.05, 4.69) is 11.9 Å². The van der Waals surface area contributed by atoms with Gasteiger partial charge in [0.15, 0.2) is 0 Å². The van der Waals surface area contributed by atoms with Crippen LogP contribution in [0.1, 0.15) is 12.8 Å². The standard InChI is InChI=1S/C7H14FN.ClH/c1-3-4-5-7(8)6-9-2;/h3,7,9H,1,4-6H2,2H3;1H. The second-order valence-corrected chi connectivity index (χ2v) is 2.02. The molecule has 0 aliphatic heterocycles. The number of rotatable bonds is 5. The van der Waals surface area contributed by atoms with Crippen molar-refractivity contribution in [1.29, 1.82) is 0 Å². The number of hydrogen-bond acceptors (Lipinski definition) is 1. The fourth-order valence-electron chi connectivity index (χ4n) is 0.622. The summed E-state index contributed by atoms with van der Waals surface area (Å²) in [6, 6.07) is 0. The molecular formula is C7H15ClFN. The van der Waals surface area contributed by atoms with Crippen molar-refractivity contribution in [3.63, 3.8) is 0 Å². The molecule has 0 saturated heterocycles. The average molecular weight is 168 g/mol. The van der Waals surface area contributed by atoms with Crippen LogP contribution in [0.3, 0.4) is 0 Å². The Bertz CT molecular complexity index is 78.0. The summed E-state index contributed by atoms with van der Waals surface area (Å²) in [5, 5.41) is 2.77. The third-order valence-electron chi connectivity index (χ3n) is 1.11. The molecule has 0 rings (SSSR count). The highest BCUT2D eigenvalue weighted by atomic mass is 35.5. The van der Waals surface area contributed by atoms with Crippen molar-refractivity contribution in [3.05, 3.63) is 12.7 Å². The van der Waals surface area contributed by atoms with E-state index in [1.165, 1.54) is 0 Å². The normalized spacial score (nSPS) is 11.8. The summed E-state index contributed by atoms with van der Waals surface area (Å²) in [5.41, 5.74) is 0. The predicted octanol–water partition coefficient (Wildman–Crippen LogP) is 1.93. The first kappa shape index (κ1) is 12.6. The first-order valence-electron chi connectivity index (χ1n) is 3.20. The van der Waals surface area contributed by atoms with E-state index in [0.29, 0.717) is 13.0 Å². The van der Waals surface area contributed by atoms with Crippen LogP contribution in [0.25, 0.3) is 0 Å². The molecule has 0 heterocycles. The summed E-state index contributed by atoms with van der Waals surface area (Å²) >= 11 is 0. The van der Waals surface area contributed by atoms with Crippen LogP contribution in [0.15, 0.2) is 12.7 Å². The minimum Gasteiger partial charge on any atom is -0.317 e. The maximum atomic E-state index is 12.5. The summed E-state index contributed by atoms with van der Waals surface area (Å²) in [4.78, 5) is 0. The maximum Gasteiger partial charge on any atom is 0.113 e. The molecule has 0 aliphatic carbocycles. The average Bonchev–Trinajstić information content (AvgIpc) is 1.85. The summed E-state index contributed by atoms with van der Waals surface area (Å²) < 4.78 is 12.5. The molecule has 0 spiro atoms. The van der Waals surface area contributed by atoms with E-state index in [0.717, 1.165) is 6.42 Å². The SMILES string of the molecule is C=CCCC(F)CNC.Cl. The summed E-state index contributed by atoms with van der Waals surface area (Å²) in [7, 11) is 1.75. The number of hydrogen-bond donors (Lipinski definition) is 1. The van der Waals surface area contributed by atoms with E-state index < -0.39 is 6.17 Å². The van der Waals surface area contributed by atoms with Gasteiger partial charge in [-0.05, 0) is 19.9 Å². The van der Waals surface area contributed by atoms with Gasteiger partial charge in [-0.1, -0.05) is 6.08 Å². The van der Waals surface area contributed by atoms with Crippen molar-refractivity contribution >= 4 is 12.4 Å². The van der Waals surface area contributed by atoms with E-state index in [1.807, 2.05) is 0 Å². The molecule has 0 aromatic carbocycles. The first-order valence-corrected chi connectivity index (χ1v) is 3.20. The number of halogens is 2. The fourth-order valence-corrected chi connectivity index (χ4v) is 0.622. The van der Waals surface area contributed by atoms with Crippen molar-refractivity contribution in [2.75, 3.05) is 13.6 Å². The minimum absolute atomic E-state index is 0. The molecule has 1 atom stereocenters. The third kappa shape index (κ3) is 7.92. The Morgan fingerprint density at radius 1 is 1.70 bits per heavy atom. The van der Waals surface area contributed by atoms with Gasteiger partial charge in [0.05, 0.1) is 0 Å². The quantitative estimate of drug-likeness (QED) is 0.618. The smallest absolute Gasteiger partial charge is 0.113 e. The van der Waals surface area contributed by atoms with E-state index in [9.17, 15) is 4.39 Å². The minimum atomic E-state index is -0.715. The zero-order valence-corrected chi connectivity index (χ0v) is 7.09. The Morgan fingerprint density at radius 3 is 2.70 bits per heavy atom. The van der Waals surface area contributed by atoms with Crippen molar-refractivity contribution < 1.29 is 4.39 Å². The van der Waals surface area contributed by atoms with Gasteiger partial charge in [-0.3, -0.25) is 0 Å². The van der Waals surface area contributed by atoms with Crippen LogP contribution in [-0.2, 0) is 0 Å². The van der Waals surface area contributed by atoms with Gasteiger partial charge >= 0.3 is 0 Å². The van der Waals surface area contributed by atoms with E-state index in [1.54, 1.807) is 13.1 Å². The summed E-state index contributed by atoms with van der Waals surface area (Å²) in [6.45, 7) is 3.96. The van der Waals surface area contributed by atoms with Gasteiger partial charge in [-0.2, -0.15) is 0 Å². The Balaban J connectivity index is 0. The van der Waals surface area contributed by atoms with E-state index in [-0.39, 0.29) is 12.4 Å². The largest absolute Gasteiger partial charge is 0.317 e. The second-order valence-electron chi connectivity index (χ2n) is 2.02. The molecule has 0 fully saturated rings. The van der Waals surface area contributed by atoms with Crippen molar-refractivity contribution in [1.82, 2.24) is 5.32 Å². The number of nitrogens with one attached hydrogen (secondary N) is 1. The topological polar surface area (TPSA) is 12.0 Å². The van der Waals surface area contributed by atoms with Crippen LogP contribution >= 0.6 is 12.4 Å². The molecule has 0 radical (unpaired) electrons. The zero-order valence-electron chi connectivity index (χ0n) is 6.27. The van der Waals surface area contributed by atoms with Crippen LogP contribution in [0.5, 0.6) is 0 Å². The molecule has 62 valence electrons. The van der Waals surface area contributed by atoms with Gasteiger partial charge in [0.2, 0.25) is 0 Å². The second kappa shape index (κ2) is 8.92. The lowest BCUT2D eigenvalue weighted by Gasteiger charge is -2.03. The Hall–Kier alpha value is -0.0800. The van der Waals surface area contributed by atoms with Crippen LogP contribution in [0.2, 0.25) is 0 Å². The molecule has 0 bridgehead atoms. The first-order chi connectivity index (χ1) is 4.31. The molecule has 0 aromatic heterocycles. The molecule has 1 unspecified atom stereocenters. The van der Waals surface area contributed by atoms with Crippen LogP contribution in [0, 0.1) is 0 Å². The molecule has 1 N–H and O–H groups in total. The van der Waals surface area contributed by atoms with Crippen LogP contribution in [0.4, 0.5) is 4.39 Å². The number of alkyl halides is 1. The summed E-state index contributed by atoms with van der Waals surface area (Å²) in [6.07, 6.45) is 2.38. The molecule has 0 aromatic rings. The molecule has 3 heteroatoms. The van der Waals surface area contributed by atoms with Gasteiger partial charge in [0.25, 0.3) is 0 Å². The monoisotopic (exact) mass is 167 g/mol. The number of allylic oxidation sites excluding steroid dienone is 1. The predicted molar refractivity (Wildman–Crippen MR) is 45.5 cm³/mol. The third-order valence-corrected chi connectivity index (χ3v) is 1.11. The van der Waals surface area contributed by atoms with Gasteiger partial charge in [0, 0.05) is 6.54 Å². The van der Waals surface area contributed by atoms with Crippen molar-refractivity contribution in [2.45, 2.75) is 19.0 Å². The summed E-state index contributed by atoms with van der Waals surface area (Å²) in [5.74, 6) is 0. The fraction of sp³-hybridized carbons (Fsp3) is 0.714. The lowest BCUT2D eigenvalue weighted by atomic mass is 10.2. The van der Waals surface area contributed by atoms with Gasteiger partial charge in [-0.25, -0.2) is 4.39 Å². The highest BCUT2D eigenvalue weighted by molar-refractivity contribution is 5.85. The Labute approximate surface area is 68.1 Å². The highest BCUT2D eigenvalue weighted by Gasteiger charge is 2.00.